The molecule has 33 heavy (non-hydrogen) atoms. The van der Waals surface area contributed by atoms with Gasteiger partial charge in [-0.15, -0.1) is 0 Å². The van der Waals surface area contributed by atoms with Crippen LogP contribution >= 0.6 is 0 Å². The van der Waals surface area contributed by atoms with Gasteiger partial charge >= 0.3 is 11.9 Å². The zero-order valence-electron chi connectivity index (χ0n) is 17.9. The number of cyclic esters (lactones) is 2. The van der Waals surface area contributed by atoms with E-state index in [0.29, 0.717) is 39.9 Å². The molecule has 0 fully saturated rings. The molecule has 0 amide bonds. The van der Waals surface area contributed by atoms with Gasteiger partial charge in [-0.25, -0.2) is 19.6 Å². The summed E-state index contributed by atoms with van der Waals surface area (Å²) in [6.07, 6.45) is 5.20. The number of benzene rings is 2. The zero-order valence-corrected chi connectivity index (χ0v) is 17.9. The van der Waals surface area contributed by atoms with E-state index in [0.717, 1.165) is 12.8 Å². The number of carbonyl (C=O) groups is 2. The molecule has 0 N–H and O–H groups in total. The molecule has 0 unspecified atom stereocenters. The van der Waals surface area contributed by atoms with Gasteiger partial charge in [0.05, 0.1) is 21.3 Å². The predicted octanol–water partition coefficient (Wildman–Crippen LogP) is 3.36. The maximum atomic E-state index is 11.9. The SMILES string of the molecule is COc1cc(/C=C2\N=COC2=O)c(Oc2cc(/C=C3\N=COC3=O)ccc2OC)cc1OC. The normalized spacial score (nSPS) is 16.8. The van der Waals surface area contributed by atoms with Crippen molar-refractivity contribution in [3.05, 3.63) is 52.9 Å². The van der Waals surface area contributed by atoms with E-state index in [9.17, 15) is 9.59 Å². The molecule has 0 bridgehead atoms. The third-order valence-electron chi connectivity index (χ3n) is 4.64. The van der Waals surface area contributed by atoms with Crippen LogP contribution in [0, 0.1) is 0 Å². The highest BCUT2D eigenvalue weighted by atomic mass is 16.5. The molecule has 2 aliphatic heterocycles. The Kier molecular flexibility index (Phi) is 6.07. The average molecular weight is 450 g/mol. The monoisotopic (exact) mass is 450 g/mol. The first-order valence-electron chi connectivity index (χ1n) is 9.54. The molecule has 10 nitrogen and oxygen atoms in total. The van der Waals surface area contributed by atoms with Gasteiger partial charge in [0.2, 0.25) is 0 Å². The number of hydrogen-bond acceptors (Lipinski definition) is 10. The van der Waals surface area contributed by atoms with Crippen LogP contribution < -0.4 is 18.9 Å². The number of aliphatic imine (C=N–C) groups is 2. The Hall–Kier alpha value is -4.60. The van der Waals surface area contributed by atoms with Gasteiger partial charge in [-0.1, -0.05) is 6.07 Å². The zero-order chi connectivity index (χ0) is 23.4. The van der Waals surface area contributed by atoms with E-state index in [4.69, 9.17) is 28.4 Å². The Labute approximate surface area is 188 Å². The molecule has 2 aliphatic rings. The standard InChI is InChI=1S/C23H18N2O8/c1-28-17-5-4-13(6-15-22(26)31-11-24-15)7-21(17)33-18-10-20(30-3)19(29-2)9-14(18)8-16-23(27)32-12-25-16/h4-12H,1-3H3/b15-6-,16-8-. The van der Waals surface area contributed by atoms with Gasteiger partial charge in [-0.3, -0.25) is 0 Å². The Balaban J connectivity index is 1.78. The van der Waals surface area contributed by atoms with Crippen LogP contribution in [-0.2, 0) is 19.1 Å². The predicted molar refractivity (Wildman–Crippen MR) is 118 cm³/mol. The fourth-order valence-electron chi connectivity index (χ4n) is 3.04. The van der Waals surface area contributed by atoms with E-state index < -0.39 is 11.9 Å². The van der Waals surface area contributed by atoms with E-state index in [2.05, 4.69) is 9.98 Å². The molecule has 2 aromatic rings. The summed E-state index contributed by atoms with van der Waals surface area (Å²) in [6, 6.07) is 8.34. The van der Waals surface area contributed by atoms with Crippen LogP contribution in [0.5, 0.6) is 28.7 Å². The molecule has 0 spiro atoms. The molecule has 2 heterocycles. The Morgan fingerprint density at radius 3 is 1.88 bits per heavy atom. The average Bonchev–Trinajstić information content (AvgIpc) is 3.42. The molecule has 0 atom stereocenters. The molecule has 2 aromatic carbocycles. The summed E-state index contributed by atoms with van der Waals surface area (Å²) < 4.78 is 31.8. The minimum atomic E-state index is -0.592. The minimum absolute atomic E-state index is 0.0927. The van der Waals surface area contributed by atoms with Gasteiger partial charge < -0.3 is 28.4 Å². The molecule has 0 aromatic heterocycles. The summed E-state index contributed by atoms with van der Waals surface area (Å²) in [7, 11) is 4.49. The molecule has 0 saturated heterocycles. The maximum Gasteiger partial charge on any atom is 0.363 e. The van der Waals surface area contributed by atoms with Crippen molar-refractivity contribution >= 4 is 36.9 Å². The molecule has 10 heteroatoms. The van der Waals surface area contributed by atoms with Gasteiger partial charge in [-0.05, 0) is 35.9 Å². The number of methoxy groups -OCH3 is 3. The summed E-state index contributed by atoms with van der Waals surface area (Å²) in [5.74, 6) is 0.795. The number of esters is 2. The molecular weight excluding hydrogens is 432 g/mol. The highest BCUT2D eigenvalue weighted by Crippen LogP contribution is 2.41. The molecule has 0 radical (unpaired) electrons. The van der Waals surface area contributed by atoms with Crippen molar-refractivity contribution in [3.8, 4) is 28.7 Å². The van der Waals surface area contributed by atoms with Crippen molar-refractivity contribution < 1.29 is 38.0 Å². The number of carbonyl (C=O) groups excluding carboxylic acids is 2. The molecule has 4 rings (SSSR count). The summed E-state index contributed by atoms with van der Waals surface area (Å²) >= 11 is 0. The van der Waals surface area contributed by atoms with Crippen molar-refractivity contribution in [2.24, 2.45) is 9.98 Å². The third kappa shape index (κ3) is 4.54. The number of hydrogen-bond donors (Lipinski definition) is 0. The van der Waals surface area contributed by atoms with Crippen LogP contribution in [0.4, 0.5) is 0 Å². The van der Waals surface area contributed by atoms with E-state index in [1.54, 1.807) is 36.4 Å². The van der Waals surface area contributed by atoms with Crippen LogP contribution in [0.1, 0.15) is 11.1 Å². The van der Waals surface area contributed by atoms with Crippen molar-refractivity contribution in [1.82, 2.24) is 0 Å². The van der Waals surface area contributed by atoms with Crippen LogP contribution in [0.25, 0.3) is 12.2 Å². The molecule has 168 valence electrons. The Morgan fingerprint density at radius 1 is 0.697 bits per heavy atom. The smallest absolute Gasteiger partial charge is 0.363 e. The van der Waals surface area contributed by atoms with E-state index in [-0.39, 0.29) is 11.4 Å². The van der Waals surface area contributed by atoms with Gasteiger partial charge in [-0.2, -0.15) is 0 Å². The Morgan fingerprint density at radius 2 is 1.30 bits per heavy atom. The second kappa shape index (κ2) is 9.27. The molecular formula is C23H18N2O8. The largest absolute Gasteiger partial charge is 0.493 e. The van der Waals surface area contributed by atoms with Gasteiger partial charge in [0, 0.05) is 11.6 Å². The van der Waals surface area contributed by atoms with Crippen molar-refractivity contribution in [3.63, 3.8) is 0 Å². The summed E-state index contributed by atoms with van der Waals surface area (Å²) in [6.45, 7) is 0. The Bertz CT molecular complexity index is 1240. The molecule has 0 aliphatic carbocycles. The lowest BCUT2D eigenvalue weighted by Crippen LogP contribution is -1.99. The van der Waals surface area contributed by atoms with E-state index in [1.807, 2.05) is 0 Å². The highest BCUT2D eigenvalue weighted by Gasteiger charge is 2.20. The number of ether oxygens (including phenoxy) is 6. The number of nitrogens with zero attached hydrogens (tertiary/aromatic N) is 2. The number of rotatable bonds is 7. The summed E-state index contributed by atoms with van der Waals surface area (Å²) in [5.41, 5.74) is 1.35. The maximum absolute atomic E-state index is 11.9. The summed E-state index contributed by atoms with van der Waals surface area (Å²) in [4.78, 5) is 31.4. The second-order valence-corrected chi connectivity index (χ2v) is 6.60. The lowest BCUT2D eigenvalue weighted by atomic mass is 10.1. The first-order valence-corrected chi connectivity index (χ1v) is 9.54. The lowest BCUT2D eigenvalue weighted by molar-refractivity contribution is -0.130. The topological polar surface area (TPSA) is 114 Å². The minimum Gasteiger partial charge on any atom is -0.493 e. The van der Waals surface area contributed by atoms with Crippen molar-refractivity contribution in [1.29, 1.82) is 0 Å². The van der Waals surface area contributed by atoms with Crippen molar-refractivity contribution in [2.75, 3.05) is 21.3 Å². The quantitative estimate of drug-likeness (QED) is 0.466. The van der Waals surface area contributed by atoms with Crippen LogP contribution in [-0.4, -0.2) is 46.1 Å². The first kappa shape index (κ1) is 21.6. The van der Waals surface area contributed by atoms with Gasteiger partial charge in [0.25, 0.3) is 0 Å². The third-order valence-corrected chi connectivity index (χ3v) is 4.64. The van der Waals surface area contributed by atoms with Crippen molar-refractivity contribution in [2.45, 2.75) is 0 Å². The van der Waals surface area contributed by atoms with Crippen LogP contribution in [0.3, 0.4) is 0 Å². The molecule has 0 saturated carbocycles. The van der Waals surface area contributed by atoms with E-state index in [1.165, 1.54) is 27.4 Å². The fourth-order valence-corrected chi connectivity index (χ4v) is 3.04. The lowest BCUT2D eigenvalue weighted by Gasteiger charge is -2.16. The highest BCUT2D eigenvalue weighted by molar-refractivity contribution is 6.02. The van der Waals surface area contributed by atoms with Crippen LogP contribution in [0.2, 0.25) is 0 Å². The van der Waals surface area contributed by atoms with E-state index >= 15 is 0 Å². The van der Waals surface area contributed by atoms with Gasteiger partial charge in [0.15, 0.2) is 47.2 Å². The fraction of sp³-hybridized carbons (Fsp3) is 0.130. The van der Waals surface area contributed by atoms with Gasteiger partial charge in [0.1, 0.15) is 5.75 Å². The summed E-state index contributed by atoms with van der Waals surface area (Å²) in [5, 5.41) is 0. The first-order chi connectivity index (χ1) is 16.0. The van der Waals surface area contributed by atoms with Crippen LogP contribution in [0.15, 0.2) is 51.7 Å². The second-order valence-electron chi connectivity index (χ2n) is 6.60.